The lowest BCUT2D eigenvalue weighted by Gasteiger charge is -2.22. The monoisotopic (exact) mass is 327 g/mol. The molecule has 1 aromatic rings. The SMILES string of the molecule is COc1c(C(C)C)cc(C2CCCN2)c(OC)c1Br. The lowest BCUT2D eigenvalue weighted by atomic mass is 9.95. The summed E-state index contributed by atoms with van der Waals surface area (Å²) in [5.41, 5.74) is 2.45. The second-order valence-corrected chi connectivity index (χ2v) is 6.03. The van der Waals surface area contributed by atoms with E-state index in [4.69, 9.17) is 9.47 Å². The molecule has 1 N–H and O–H groups in total. The molecule has 1 aromatic carbocycles. The van der Waals surface area contributed by atoms with Crippen LogP contribution in [0, 0.1) is 0 Å². The molecule has 0 saturated carbocycles. The zero-order valence-corrected chi connectivity index (χ0v) is 13.6. The predicted molar refractivity (Wildman–Crippen MR) is 81.3 cm³/mol. The first-order valence-corrected chi connectivity index (χ1v) is 7.57. The molecule has 0 amide bonds. The van der Waals surface area contributed by atoms with E-state index in [1.165, 1.54) is 17.5 Å². The van der Waals surface area contributed by atoms with E-state index in [0.29, 0.717) is 12.0 Å². The van der Waals surface area contributed by atoms with E-state index in [9.17, 15) is 0 Å². The Morgan fingerprint density at radius 1 is 1.26 bits per heavy atom. The molecule has 0 aromatic heterocycles. The highest BCUT2D eigenvalue weighted by atomic mass is 79.9. The zero-order chi connectivity index (χ0) is 14.0. The van der Waals surface area contributed by atoms with Crippen molar-refractivity contribution in [2.75, 3.05) is 20.8 Å². The van der Waals surface area contributed by atoms with Gasteiger partial charge in [0.1, 0.15) is 16.0 Å². The maximum atomic E-state index is 5.60. The van der Waals surface area contributed by atoms with Gasteiger partial charge in [-0.05, 0) is 52.9 Å². The fourth-order valence-corrected chi connectivity index (χ4v) is 3.49. The molecule has 1 atom stereocenters. The van der Waals surface area contributed by atoms with E-state index in [0.717, 1.165) is 28.9 Å². The molecule has 0 radical (unpaired) electrons. The largest absolute Gasteiger partial charge is 0.495 e. The molecule has 1 fully saturated rings. The normalized spacial score (nSPS) is 18.9. The first kappa shape index (κ1) is 14.7. The van der Waals surface area contributed by atoms with Crippen molar-refractivity contribution in [3.8, 4) is 11.5 Å². The Balaban J connectivity index is 2.58. The molecule has 106 valence electrons. The molecule has 1 aliphatic heterocycles. The molecule has 0 bridgehead atoms. The number of hydrogen-bond acceptors (Lipinski definition) is 3. The Kier molecular flexibility index (Phi) is 4.74. The minimum atomic E-state index is 0.384. The van der Waals surface area contributed by atoms with Crippen molar-refractivity contribution in [3.05, 3.63) is 21.7 Å². The van der Waals surface area contributed by atoms with Crippen LogP contribution < -0.4 is 14.8 Å². The van der Waals surface area contributed by atoms with E-state index in [-0.39, 0.29) is 0 Å². The molecule has 1 heterocycles. The standard InChI is InChI=1S/C15H22BrNO2/c1-9(2)10-8-11(12-6-5-7-17-12)15(19-4)13(16)14(10)18-3/h8-9,12,17H,5-7H2,1-4H3. The predicted octanol–water partition coefficient (Wildman–Crippen LogP) is 4.01. The highest BCUT2D eigenvalue weighted by molar-refractivity contribution is 9.10. The van der Waals surface area contributed by atoms with E-state index < -0.39 is 0 Å². The Labute approximate surface area is 123 Å². The van der Waals surface area contributed by atoms with Crippen LogP contribution in [0.1, 0.15) is 49.8 Å². The second-order valence-electron chi connectivity index (χ2n) is 5.24. The minimum Gasteiger partial charge on any atom is -0.495 e. The fraction of sp³-hybridized carbons (Fsp3) is 0.600. The summed E-state index contributed by atoms with van der Waals surface area (Å²) in [6.45, 7) is 5.44. The van der Waals surface area contributed by atoms with Crippen LogP contribution in [0.5, 0.6) is 11.5 Å². The quantitative estimate of drug-likeness (QED) is 0.906. The van der Waals surface area contributed by atoms with Gasteiger partial charge in [-0.1, -0.05) is 13.8 Å². The summed E-state index contributed by atoms with van der Waals surface area (Å²) < 4.78 is 12.1. The van der Waals surface area contributed by atoms with Gasteiger partial charge in [0.05, 0.1) is 14.2 Å². The summed E-state index contributed by atoms with van der Waals surface area (Å²) in [6.07, 6.45) is 2.38. The molecular formula is C15H22BrNO2. The molecule has 0 aliphatic carbocycles. The number of rotatable bonds is 4. The lowest BCUT2D eigenvalue weighted by Crippen LogP contribution is -2.15. The van der Waals surface area contributed by atoms with Crippen molar-refractivity contribution in [1.82, 2.24) is 5.32 Å². The van der Waals surface area contributed by atoms with Crippen molar-refractivity contribution in [3.63, 3.8) is 0 Å². The molecule has 2 rings (SSSR count). The number of ether oxygens (including phenoxy) is 2. The highest BCUT2D eigenvalue weighted by Gasteiger charge is 2.26. The minimum absolute atomic E-state index is 0.384. The lowest BCUT2D eigenvalue weighted by molar-refractivity contribution is 0.378. The van der Waals surface area contributed by atoms with Gasteiger partial charge in [-0.15, -0.1) is 0 Å². The van der Waals surface area contributed by atoms with Gasteiger partial charge in [-0.2, -0.15) is 0 Å². The Morgan fingerprint density at radius 3 is 2.42 bits per heavy atom. The van der Waals surface area contributed by atoms with Gasteiger partial charge in [-0.25, -0.2) is 0 Å². The highest BCUT2D eigenvalue weighted by Crippen LogP contribution is 2.45. The third-order valence-corrected chi connectivity index (χ3v) is 4.42. The van der Waals surface area contributed by atoms with Crippen molar-refractivity contribution >= 4 is 15.9 Å². The van der Waals surface area contributed by atoms with Crippen LogP contribution in [0.25, 0.3) is 0 Å². The average Bonchev–Trinajstić information content (AvgIpc) is 2.91. The molecule has 0 spiro atoms. The molecule has 3 nitrogen and oxygen atoms in total. The van der Waals surface area contributed by atoms with Crippen LogP contribution in [0.4, 0.5) is 0 Å². The van der Waals surface area contributed by atoms with Gasteiger partial charge < -0.3 is 14.8 Å². The number of hydrogen-bond donors (Lipinski definition) is 1. The van der Waals surface area contributed by atoms with Crippen LogP contribution in [0.15, 0.2) is 10.5 Å². The maximum Gasteiger partial charge on any atom is 0.141 e. The van der Waals surface area contributed by atoms with Crippen molar-refractivity contribution in [2.24, 2.45) is 0 Å². The van der Waals surface area contributed by atoms with Gasteiger partial charge in [0, 0.05) is 11.6 Å². The Hall–Kier alpha value is -0.740. The summed E-state index contributed by atoms with van der Waals surface area (Å²) in [4.78, 5) is 0. The van der Waals surface area contributed by atoms with E-state index in [1.54, 1.807) is 14.2 Å². The number of halogens is 1. The number of methoxy groups -OCH3 is 2. The number of benzene rings is 1. The summed E-state index contributed by atoms with van der Waals surface area (Å²) in [6, 6.07) is 2.62. The average molecular weight is 328 g/mol. The molecule has 19 heavy (non-hydrogen) atoms. The van der Waals surface area contributed by atoms with Gasteiger partial charge >= 0.3 is 0 Å². The van der Waals surface area contributed by atoms with E-state index in [1.807, 2.05) is 0 Å². The smallest absolute Gasteiger partial charge is 0.141 e. The number of nitrogens with one attached hydrogen (secondary N) is 1. The molecule has 1 aliphatic rings. The van der Waals surface area contributed by atoms with Crippen LogP contribution >= 0.6 is 15.9 Å². The van der Waals surface area contributed by atoms with Crippen molar-refractivity contribution < 1.29 is 9.47 Å². The third kappa shape index (κ3) is 2.75. The summed E-state index contributed by atoms with van der Waals surface area (Å²) in [5, 5.41) is 3.54. The molecular weight excluding hydrogens is 306 g/mol. The van der Waals surface area contributed by atoms with Crippen molar-refractivity contribution in [2.45, 2.75) is 38.6 Å². The first-order chi connectivity index (χ1) is 9.10. The maximum absolute atomic E-state index is 5.60. The van der Waals surface area contributed by atoms with Gasteiger partial charge in [0.2, 0.25) is 0 Å². The fourth-order valence-electron chi connectivity index (χ4n) is 2.71. The van der Waals surface area contributed by atoms with E-state index >= 15 is 0 Å². The Bertz CT molecular complexity index is 454. The molecule has 4 heteroatoms. The first-order valence-electron chi connectivity index (χ1n) is 6.77. The van der Waals surface area contributed by atoms with Crippen LogP contribution in [0.2, 0.25) is 0 Å². The van der Waals surface area contributed by atoms with Crippen molar-refractivity contribution in [1.29, 1.82) is 0 Å². The van der Waals surface area contributed by atoms with E-state index in [2.05, 4.69) is 41.2 Å². The Morgan fingerprint density at radius 2 is 1.95 bits per heavy atom. The van der Waals surface area contributed by atoms with Gasteiger partial charge in [0.25, 0.3) is 0 Å². The third-order valence-electron chi connectivity index (χ3n) is 3.70. The van der Waals surface area contributed by atoms with Gasteiger partial charge in [0.15, 0.2) is 0 Å². The van der Waals surface area contributed by atoms with Crippen LogP contribution in [0.3, 0.4) is 0 Å². The summed E-state index contributed by atoms with van der Waals surface area (Å²) >= 11 is 3.64. The van der Waals surface area contributed by atoms with Crippen LogP contribution in [-0.4, -0.2) is 20.8 Å². The second kappa shape index (κ2) is 6.14. The summed E-state index contributed by atoms with van der Waals surface area (Å²) in [5.74, 6) is 2.19. The summed E-state index contributed by atoms with van der Waals surface area (Å²) in [7, 11) is 3.42. The van der Waals surface area contributed by atoms with Crippen LogP contribution in [-0.2, 0) is 0 Å². The molecule has 1 saturated heterocycles. The zero-order valence-electron chi connectivity index (χ0n) is 12.0. The molecule has 1 unspecified atom stereocenters. The topological polar surface area (TPSA) is 30.5 Å². The van der Waals surface area contributed by atoms with Gasteiger partial charge in [-0.3, -0.25) is 0 Å².